The lowest BCUT2D eigenvalue weighted by atomic mass is 9.85. The van der Waals surface area contributed by atoms with Gasteiger partial charge < -0.3 is 61.6 Å². The quantitative estimate of drug-likeness (QED) is 0.0446. The first-order valence-electron chi connectivity index (χ1n) is 39.4. The summed E-state index contributed by atoms with van der Waals surface area (Å²) in [7, 11) is -0.862. The van der Waals surface area contributed by atoms with Crippen molar-refractivity contribution in [3.8, 4) is 11.5 Å². The van der Waals surface area contributed by atoms with Gasteiger partial charge in [-0.25, -0.2) is 8.42 Å². The number of carboxylic acids is 1. The maximum Gasteiger partial charge on any atom is 0.307 e. The number of aliphatic carboxylic acids is 1. The number of hydrogen-bond donors (Lipinski definition) is 9. The zero-order chi connectivity index (χ0) is 80.8. The number of ketones is 1. The molecule has 3 fully saturated rings. The minimum absolute atomic E-state index is 0.0200. The molecule has 13 rings (SSSR count). The number of ether oxygens (including phenoxy) is 2. The predicted molar refractivity (Wildman–Crippen MR) is 428 cm³/mol. The molecule has 0 radical (unpaired) electrons. The normalized spacial score (nSPS) is 23.0. The average molecular weight is 1560 g/mol. The van der Waals surface area contributed by atoms with E-state index in [2.05, 4.69) is 41.9 Å². The number of carboxylic acid groups (broad SMARTS) is 1. The molecule has 0 aromatic heterocycles. The minimum atomic E-state index is -4.13. The number of sulfonamides is 1. The van der Waals surface area contributed by atoms with Gasteiger partial charge in [0.2, 0.25) is 51.4 Å². The Labute approximate surface area is 657 Å². The van der Waals surface area contributed by atoms with Crippen molar-refractivity contribution in [1.82, 2.24) is 51.7 Å². The van der Waals surface area contributed by atoms with Gasteiger partial charge in [-0.2, -0.15) is 0 Å². The van der Waals surface area contributed by atoms with Gasteiger partial charge in [0.1, 0.15) is 47.8 Å². The maximum atomic E-state index is 15.4. The van der Waals surface area contributed by atoms with Crippen molar-refractivity contribution in [2.75, 3.05) is 40.4 Å². The molecular formula is C86H112N10O15S. The fourth-order valence-corrected chi connectivity index (χ4v) is 16.4. The minimum Gasteiger partial charge on any atom is -0.494 e. The summed E-state index contributed by atoms with van der Waals surface area (Å²) in [5, 5.41) is 34.3. The van der Waals surface area contributed by atoms with Crippen LogP contribution in [0.15, 0.2) is 133 Å². The molecule has 26 heteroatoms. The van der Waals surface area contributed by atoms with Gasteiger partial charge in [-0.3, -0.25) is 52.7 Å². The van der Waals surface area contributed by atoms with Crippen LogP contribution < -0.4 is 51.4 Å². The molecule has 6 aliphatic heterocycles. The maximum absolute atomic E-state index is 15.4. The number of Topliss-reactive ketones (excluding diaryl/α,β-unsaturated/α-hetero) is 1. The van der Waals surface area contributed by atoms with Crippen molar-refractivity contribution in [3.63, 3.8) is 0 Å². The topological polar surface area (TPSA) is 346 Å². The smallest absolute Gasteiger partial charge is 0.307 e. The van der Waals surface area contributed by atoms with Gasteiger partial charge >= 0.3 is 5.97 Å². The highest BCUT2D eigenvalue weighted by molar-refractivity contribution is 7.91. The molecule has 0 spiro atoms. The van der Waals surface area contributed by atoms with Crippen LogP contribution in [0.3, 0.4) is 0 Å². The number of hydrogen-bond acceptors (Lipinski definition) is 16. The van der Waals surface area contributed by atoms with E-state index < -0.39 is 152 Å². The Bertz CT molecular complexity index is 4480. The summed E-state index contributed by atoms with van der Waals surface area (Å²) in [6.45, 7) is 15.1. The first kappa shape index (κ1) is 84.7. The summed E-state index contributed by atoms with van der Waals surface area (Å²) in [5.41, 5.74) is 0.869. The summed E-state index contributed by atoms with van der Waals surface area (Å²) in [6.07, 6.45) is 3.81. The number of rotatable bonds is 16. The molecule has 8 bridgehead atoms. The van der Waals surface area contributed by atoms with Crippen LogP contribution in [0.1, 0.15) is 148 Å². The Morgan fingerprint density at radius 2 is 0.955 bits per heavy atom. The third kappa shape index (κ3) is 22.8. The van der Waals surface area contributed by atoms with Gasteiger partial charge in [0.15, 0.2) is 5.78 Å². The SMILES string of the molecule is CN[C@@H](C)C(=O)N[C@H](C(=O)N1C[C@H]2CCCCOc3ccc(cc3)C[C@@H](C(=O)NS(=O)(=O)C3CC3)NC(=O)[C@H](Cc3ccc4ccccc4c3)NC(=O)[C@@H]3C[C@H](CCCCOc4ccc(cc4)C[C@@H](C(=O)O)CC(=O)[C@H](Cc4ccc5ccccc5c4)NC(=O)[C@@H]1C2)CN3C(=O)[C@@H](NC(=O)[C@H](C)NC)C(C)(C)C)C(C)(C)C. The zero-order valence-electron chi connectivity index (χ0n) is 66.1. The first-order valence-corrected chi connectivity index (χ1v) is 41.0. The highest BCUT2D eigenvalue weighted by Crippen LogP contribution is 2.35. The Morgan fingerprint density at radius 3 is 1.38 bits per heavy atom. The molecule has 25 nitrogen and oxygen atoms in total. The lowest BCUT2D eigenvalue weighted by molar-refractivity contribution is -0.145. The number of benzene rings is 6. The van der Waals surface area contributed by atoms with Crippen LogP contribution in [0, 0.1) is 28.6 Å². The molecule has 1 aliphatic carbocycles. The predicted octanol–water partition coefficient (Wildman–Crippen LogP) is 7.81. The standard InChI is InChI=1S/C86H112N10O15S/c1-52(87-9)76(98)92-74(85(3,4)5)82(104)95-50-58-19-15-18-40-111-66-35-29-55(30-36-66)44-70(79(101)94-112(108,109)67-37-38-67)90-78(100)69(46-57-26-32-61-22-12-14-24-63(61)43-57)91-81(103)72-48-59(51-96(72)83(105)75(86(6,7)8)93-77(99)53(2)88-10)20-16-17-39-110-65-33-27-54(28-34-65)41-64(84(106)107)49-73(97)68(89-80(102)71(95)47-58)45-56-25-31-60-21-11-13-23-62(60)42-56/h11-14,21-36,42-43,52-53,58-59,64,67-72,74-75,87-88H,15-20,37-41,44-51H2,1-10H3,(H,89,102)(H,90,100)(H,91,103)(H,92,98)(H,93,99)(H,94,101)(H,106,107)/t52-,53-,58-,59-,64+,68-,69-,70-,71-,72-,74+,75+/m0/s1. The van der Waals surface area contributed by atoms with E-state index in [-0.39, 0.29) is 76.7 Å². The third-order valence-corrected chi connectivity index (χ3v) is 24.0. The summed E-state index contributed by atoms with van der Waals surface area (Å²) in [6, 6.07) is 30.7. The van der Waals surface area contributed by atoms with E-state index in [0.29, 0.717) is 79.6 Å². The fourth-order valence-electron chi connectivity index (χ4n) is 15.1. The van der Waals surface area contributed by atoms with Gasteiger partial charge in [-0.05, 0) is 196 Å². The van der Waals surface area contributed by atoms with Crippen molar-refractivity contribution < 1.29 is 70.9 Å². The van der Waals surface area contributed by atoms with Crippen LogP contribution in [0.2, 0.25) is 0 Å². The number of likely N-dealkylation sites (tertiary alicyclic amines) is 2. The molecule has 2 saturated heterocycles. The van der Waals surface area contributed by atoms with Crippen LogP contribution in [0.25, 0.3) is 21.5 Å². The molecule has 602 valence electrons. The second-order valence-electron chi connectivity index (χ2n) is 33.1. The summed E-state index contributed by atoms with van der Waals surface area (Å²) >= 11 is 0. The number of nitrogens with one attached hydrogen (secondary N) is 8. The second kappa shape index (κ2) is 37.7. The Morgan fingerprint density at radius 1 is 0.527 bits per heavy atom. The van der Waals surface area contributed by atoms with E-state index in [4.69, 9.17) is 9.47 Å². The molecular weight excluding hydrogens is 1450 g/mol. The Balaban J connectivity index is 0.952. The van der Waals surface area contributed by atoms with E-state index in [1.807, 2.05) is 126 Å². The van der Waals surface area contributed by atoms with Crippen LogP contribution in [0.4, 0.5) is 0 Å². The van der Waals surface area contributed by atoms with E-state index >= 15 is 24.0 Å². The van der Waals surface area contributed by atoms with Gasteiger partial charge in [-0.1, -0.05) is 151 Å². The van der Waals surface area contributed by atoms with Crippen molar-refractivity contribution in [3.05, 3.63) is 156 Å². The van der Waals surface area contributed by atoms with Gasteiger partial charge in [0.25, 0.3) is 5.91 Å². The highest BCUT2D eigenvalue weighted by Gasteiger charge is 2.48. The summed E-state index contributed by atoms with van der Waals surface area (Å²) in [4.78, 5) is 149. The molecule has 6 aromatic carbocycles. The molecule has 0 unspecified atom stereocenters. The number of carbonyl (C=O) groups excluding carboxylic acids is 9. The van der Waals surface area contributed by atoms with E-state index in [9.17, 15) is 37.5 Å². The monoisotopic (exact) mass is 1560 g/mol. The van der Waals surface area contributed by atoms with Crippen molar-refractivity contribution >= 4 is 90.6 Å². The van der Waals surface area contributed by atoms with Crippen LogP contribution >= 0.6 is 0 Å². The van der Waals surface area contributed by atoms with E-state index in [0.717, 1.165) is 27.1 Å². The van der Waals surface area contributed by atoms with E-state index in [1.54, 1.807) is 76.5 Å². The number of fused-ring (bicyclic) bond motifs is 2. The molecule has 7 aliphatic rings. The lowest BCUT2D eigenvalue weighted by Gasteiger charge is -2.36. The number of carbonyl (C=O) groups is 10. The van der Waals surface area contributed by atoms with Crippen LogP contribution in [-0.4, -0.2) is 182 Å². The van der Waals surface area contributed by atoms with Gasteiger partial charge in [0.05, 0.1) is 42.5 Å². The highest BCUT2D eigenvalue weighted by atomic mass is 32.2. The average Bonchev–Trinajstić information content (AvgIpc) is 1.62. The zero-order valence-corrected chi connectivity index (χ0v) is 66.9. The lowest BCUT2D eigenvalue weighted by Crippen LogP contribution is -2.61. The van der Waals surface area contributed by atoms with Crippen LogP contribution in [-0.2, 0) is 83.7 Å². The third-order valence-electron chi connectivity index (χ3n) is 22.2. The van der Waals surface area contributed by atoms with Crippen molar-refractivity contribution in [2.45, 2.75) is 211 Å². The number of nitrogens with zero attached hydrogens (tertiary/aromatic N) is 2. The summed E-state index contributed by atoms with van der Waals surface area (Å²) < 4.78 is 41.7. The van der Waals surface area contributed by atoms with Gasteiger partial charge in [-0.15, -0.1) is 0 Å². The number of amides is 8. The molecule has 8 amide bonds. The number of likely N-dealkylation sites (N-methyl/N-ethyl adjacent to an activating group) is 2. The Kier molecular flexibility index (Phi) is 28.5. The molecule has 9 N–H and O–H groups in total. The largest absolute Gasteiger partial charge is 0.494 e. The van der Waals surface area contributed by atoms with Crippen molar-refractivity contribution in [2.24, 2.45) is 28.6 Å². The summed E-state index contributed by atoms with van der Waals surface area (Å²) in [5.74, 6) is -7.20. The molecule has 6 aromatic rings. The molecule has 12 atom stereocenters. The second-order valence-corrected chi connectivity index (χ2v) is 35.1. The van der Waals surface area contributed by atoms with Crippen molar-refractivity contribution in [1.29, 1.82) is 0 Å². The first-order chi connectivity index (χ1) is 53.2. The fraction of sp³-hybridized carbons (Fsp3) is 0.512. The molecule has 1 saturated carbocycles. The van der Waals surface area contributed by atoms with Gasteiger partial charge in [0, 0.05) is 32.4 Å². The molecule has 112 heavy (non-hydrogen) atoms. The van der Waals surface area contributed by atoms with E-state index in [1.165, 1.54) is 9.80 Å². The molecule has 6 heterocycles. The van der Waals surface area contributed by atoms with Crippen LogP contribution in [0.5, 0.6) is 11.5 Å². The Hall–Kier alpha value is -9.79.